The number of fused-ring (bicyclic) bond motifs is 3. The van der Waals surface area contributed by atoms with Gasteiger partial charge in [-0.15, -0.1) is 0 Å². The molecular weight excluding hydrogens is 340 g/mol. The second kappa shape index (κ2) is 5.46. The van der Waals surface area contributed by atoms with Gasteiger partial charge in [-0.1, -0.05) is 11.6 Å². The van der Waals surface area contributed by atoms with Crippen LogP contribution in [0.25, 0.3) is 17.7 Å². The molecule has 0 aromatic heterocycles. The lowest BCUT2D eigenvalue weighted by molar-refractivity contribution is 0.158. The normalized spacial score (nSPS) is 17.0. The Morgan fingerprint density at radius 1 is 1.12 bits per heavy atom. The molecule has 25 heavy (non-hydrogen) atoms. The third kappa shape index (κ3) is 2.63. The third-order valence-electron chi connectivity index (χ3n) is 4.35. The summed E-state index contributed by atoms with van der Waals surface area (Å²) < 4.78 is 11.9. The first-order chi connectivity index (χ1) is 11.9. The lowest BCUT2D eigenvalue weighted by Crippen LogP contribution is -2.27. The van der Waals surface area contributed by atoms with Crippen molar-refractivity contribution in [2.75, 3.05) is 6.61 Å². The molecule has 0 aliphatic carbocycles. The predicted molar refractivity (Wildman–Crippen MR) is 98.3 cm³/mol. The smallest absolute Gasteiger partial charge is 0.145 e. The van der Waals surface area contributed by atoms with Crippen LogP contribution in [-0.4, -0.2) is 22.4 Å². The van der Waals surface area contributed by atoms with Gasteiger partial charge in [0, 0.05) is 16.7 Å². The molecule has 0 saturated carbocycles. The molecule has 0 unspecified atom stereocenters. The van der Waals surface area contributed by atoms with Crippen LogP contribution < -0.4 is 9.47 Å². The van der Waals surface area contributed by atoms with Gasteiger partial charge in [0.15, 0.2) is 0 Å². The van der Waals surface area contributed by atoms with Crippen LogP contribution >= 0.6 is 11.6 Å². The van der Waals surface area contributed by atoms with E-state index in [0.717, 1.165) is 28.2 Å². The van der Waals surface area contributed by atoms with Crippen molar-refractivity contribution >= 4 is 29.3 Å². The minimum Gasteiger partial charge on any atom is -0.506 e. The van der Waals surface area contributed by atoms with Gasteiger partial charge in [0.1, 0.15) is 40.2 Å². The monoisotopic (exact) mass is 356 g/mol. The van der Waals surface area contributed by atoms with Crippen molar-refractivity contribution < 1.29 is 19.7 Å². The van der Waals surface area contributed by atoms with Crippen LogP contribution in [0.4, 0.5) is 0 Å². The van der Waals surface area contributed by atoms with Gasteiger partial charge in [-0.05, 0) is 56.3 Å². The molecule has 0 fully saturated rings. The van der Waals surface area contributed by atoms with Gasteiger partial charge in [-0.2, -0.15) is 0 Å². The summed E-state index contributed by atoms with van der Waals surface area (Å²) in [6, 6.07) is 6.94. The molecular formula is C20H17ClO4. The van der Waals surface area contributed by atoms with Crippen LogP contribution in [0, 0.1) is 0 Å². The summed E-state index contributed by atoms with van der Waals surface area (Å²) in [5.74, 6) is 1.25. The lowest BCUT2D eigenvalue weighted by atomic mass is 9.95. The van der Waals surface area contributed by atoms with Crippen molar-refractivity contribution in [2.24, 2.45) is 0 Å². The Balaban J connectivity index is 1.79. The van der Waals surface area contributed by atoms with Gasteiger partial charge in [0.25, 0.3) is 0 Å². The first-order valence-corrected chi connectivity index (χ1v) is 8.33. The van der Waals surface area contributed by atoms with E-state index >= 15 is 0 Å². The van der Waals surface area contributed by atoms with E-state index in [2.05, 4.69) is 0 Å². The molecule has 2 aromatic carbocycles. The SMILES string of the molecule is CC1(C)C=Cc2c(ccc3c2OCC(c2ccc(O)c(Cl)c2O)=C3)O1. The van der Waals surface area contributed by atoms with Crippen LogP contribution in [0.2, 0.25) is 5.02 Å². The number of hydrogen-bond acceptors (Lipinski definition) is 4. The van der Waals surface area contributed by atoms with E-state index in [1.54, 1.807) is 6.07 Å². The lowest BCUT2D eigenvalue weighted by Gasteiger charge is -2.30. The van der Waals surface area contributed by atoms with Gasteiger partial charge >= 0.3 is 0 Å². The van der Waals surface area contributed by atoms with E-state index in [-0.39, 0.29) is 28.7 Å². The van der Waals surface area contributed by atoms with Crippen LogP contribution in [-0.2, 0) is 0 Å². The minimum atomic E-state index is -0.342. The number of halogens is 1. The zero-order valence-electron chi connectivity index (χ0n) is 13.8. The summed E-state index contributed by atoms with van der Waals surface area (Å²) in [6.45, 7) is 4.29. The van der Waals surface area contributed by atoms with Crippen molar-refractivity contribution in [1.82, 2.24) is 0 Å². The summed E-state index contributed by atoms with van der Waals surface area (Å²) in [6.07, 6.45) is 5.98. The van der Waals surface area contributed by atoms with Gasteiger partial charge < -0.3 is 19.7 Å². The van der Waals surface area contributed by atoms with Crippen molar-refractivity contribution in [2.45, 2.75) is 19.4 Å². The third-order valence-corrected chi connectivity index (χ3v) is 4.73. The maximum absolute atomic E-state index is 10.2. The van der Waals surface area contributed by atoms with E-state index in [1.807, 2.05) is 44.2 Å². The molecule has 2 N–H and O–H groups in total. The Kier molecular flexibility index (Phi) is 3.48. The van der Waals surface area contributed by atoms with Crippen molar-refractivity contribution in [3.8, 4) is 23.0 Å². The van der Waals surface area contributed by atoms with Crippen LogP contribution in [0.1, 0.15) is 30.5 Å². The zero-order chi connectivity index (χ0) is 17.8. The van der Waals surface area contributed by atoms with Gasteiger partial charge in [0.05, 0.1) is 5.56 Å². The summed E-state index contributed by atoms with van der Waals surface area (Å²) >= 11 is 5.93. The molecule has 4 nitrogen and oxygen atoms in total. The number of phenols is 2. The highest BCUT2D eigenvalue weighted by Gasteiger charge is 2.27. The number of hydrogen-bond donors (Lipinski definition) is 2. The summed E-state index contributed by atoms with van der Waals surface area (Å²) in [7, 11) is 0. The highest BCUT2D eigenvalue weighted by molar-refractivity contribution is 6.33. The second-order valence-electron chi connectivity index (χ2n) is 6.69. The van der Waals surface area contributed by atoms with E-state index in [1.165, 1.54) is 6.07 Å². The number of aromatic hydroxyl groups is 2. The molecule has 2 aliphatic rings. The summed E-state index contributed by atoms with van der Waals surface area (Å²) in [5.41, 5.74) is 2.80. The summed E-state index contributed by atoms with van der Waals surface area (Å²) in [5, 5.41) is 19.7. The Hall–Kier alpha value is -2.59. The van der Waals surface area contributed by atoms with Crippen molar-refractivity contribution in [1.29, 1.82) is 0 Å². The maximum Gasteiger partial charge on any atom is 0.145 e. The van der Waals surface area contributed by atoms with Crippen molar-refractivity contribution in [3.05, 3.63) is 52.1 Å². The number of rotatable bonds is 1. The number of phenolic OH excluding ortho intramolecular Hbond substituents is 2. The Morgan fingerprint density at radius 3 is 2.72 bits per heavy atom. The average molecular weight is 357 g/mol. The number of benzene rings is 2. The Labute approximate surface area is 150 Å². The van der Waals surface area contributed by atoms with Gasteiger partial charge in [-0.25, -0.2) is 0 Å². The zero-order valence-corrected chi connectivity index (χ0v) is 14.6. The van der Waals surface area contributed by atoms with Gasteiger partial charge in [0.2, 0.25) is 0 Å². The second-order valence-corrected chi connectivity index (χ2v) is 7.07. The molecule has 2 aliphatic heterocycles. The minimum absolute atomic E-state index is 0.0618. The topological polar surface area (TPSA) is 58.9 Å². The largest absolute Gasteiger partial charge is 0.506 e. The van der Waals surface area contributed by atoms with Crippen LogP contribution in [0.5, 0.6) is 23.0 Å². The summed E-state index contributed by atoms with van der Waals surface area (Å²) in [4.78, 5) is 0. The fourth-order valence-corrected chi connectivity index (χ4v) is 3.23. The maximum atomic E-state index is 10.2. The van der Waals surface area contributed by atoms with Crippen LogP contribution in [0.3, 0.4) is 0 Å². The average Bonchev–Trinajstić information content (AvgIpc) is 2.58. The standard InChI is InChI=1S/C20H17ClO4/c1-20(2)8-7-14-16(25-20)6-3-11-9-12(10-24-19(11)14)13-4-5-15(22)17(21)18(13)23/h3-9,22-23H,10H2,1-2H3. The molecule has 0 atom stereocenters. The molecule has 0 saturated heterocycles. The molecule has 0 radical (unpaired) electrons. The molecule has 2 aromatic rings. The van der Waals surface area contributed by atoms with Crippen LogP contribution in [0.15, 0.2) is 30.3 Å². The quantitative estimate of drug-likeness (QED) is 0.765. The fourth-order valence-electron chi connectivity index (χ4n) is 3.07. The first-order valence-electron chi connectivity index (χ1n) is 7.95. The fraction of sp³-hybridized carbons (Fsp3) is 0.200. The molecule has 0 bridgehead atoms. The predicted octanol–water partition coefficient (Wildman–Crippen LogP) is 4.87. The molecule has 5 heteroatoms. The first kappa shape index (κ1) is 15.9. The van der Waals surface area contributed by atoms with E-state index < -0.39 is 0 Å². The highest BCUT2D eigenvalue weighted by Crippen LogP contribution is 2.44. The Bertz CT molecular complexity index is 941. The van der Waals surface area contributed by atoms with Gasteiger partial charge in [-0.3, -0.25) is 0 Å². The van der Waals surface area contributed by atoms with E-state index in [9.17, 15) is 10.2 Å². The molecule has 128 valence electrons. The van der Waals surface area contributed by atoms with E-state index in [0.29, 0.717) is 5.56 Å². The van der Waals surface area contributed by atoms with Crippen molar-refractivity contribution in [3.63, 3.8) is 0 Å². The number of ether oxygens (including phenoxy) is 2. The highest BCUT2D eigenvalue weighted by atomic mass is 35.5. The molecule has 0 spiro atoms. The molecule has 0 amide bonds. The van der Waals surface area contributed by atoms with E-state index in [4.69, 9.17) is 21.1 Å². The Morgan fingerprint density at radius 2 is 1.92 bits per heavy atom. The molecule has 2 heterocycles. The molecule has 4 rings (SSSR count).